The van der Waals surface area contributed by atoms with E-state index in [2.05, 4.69) is 21.2 Å². The average molecular weight is 398 g/mol. The van der Waals surface area contributed by atoms with Crippen molar-refractivity contribution in [1.29, 1.82) is 0 Å². The number of methoxy groups -OCH3 is 1. The van der Waals surface area contributed by atoms with Crippen molar-refractivity contribution in [2.24, 2.45) is 0 Å². The molecule has 5 nitrogen and oxygen atoms in total. The van der Waals surface area contributed by atoms with Gasteiger partial charge in [-0.25, -0.2) is 0 Å². The lowest BCUT2D eigenvalue weighted by Gasteiger charge is -2.21. The number of hydrogen-bond acceptors (Lipinski definition) is 4. The number of carbonyl (C=O) groups is 2. The van der Waals surface area contributed by atoms with Crippen LogP contribution in [0.1, 0.15) is 55.8 Å². The highest BCUT2D eigenvalue weighted by Crippen LogP contribution is 2.33. The highest BCUT2D eigenvalue weighted by Gasteiger charge is 2.22. The van der Waals surface area contributed by atoms with Gasteiger partial charge in [0, 0.05) is 16.1 Å². The maximum absolute atomic E-state index is 12.4. The number of hydrogen-bond donors (Lipinski definition) is 1. The summed E-state index contributed by atoms with van der Waals surface area (Å²) >= 11 is 3.30. The van der Waals surface area contributed by atoms with Gasteiger partial charge in [0.2, 0.25) is 0 Å². The first-order valence-corrected chi connectivity index (χ1v) is 9.14. The highest BCUT2D eigenvalue weighted by molar-refractivity contribution is 9.10. The molecule has 1 aliphatic rings. The zero-order chi connectivity index (χ0) is 17.5. The minimum atomic E-state index is -0.664. The number of rotatable bonds is 6. The van der Waals surface area contributed by atoms with E-state index in [0.717, 1.165) is 32.0 Å². The van der Waals surface area contributed by atoms with Crippen LogP contribution in [0.25, 0.3) is 0 Å². The smallest absolute Gasteiger partial charge is 0.260 e. The molecule has 1 saturated carbocycles. The summed E-state index contributed by atoms with van der Waals surface area (Å²) in [6.45, 7) is 1.70. The van der Waals surface area contributed by atoms with E-state index in [0.29, 0.717) is 21.5 Å². The fraction of sp³-hybridized carbons (Fsp3) is 0.556. The van der Waals surface area contributed by atoms with Crippen molar-refractivity contribution in [2.45, 2.75) is 57.6 Å². The lowest BCUT2D eigenvalue weighted by atomic mass is 10.1. The molecule has 2 rings (SSSR count). The van der Waals surface area contributed by atoms with Crippen LogP contribution in [0.15, 0.2) is 16.6 Å². The quantitative estimate of drug-likeness (QED) is 0.584. The number of benzene rings is 1. The molecule has 1 aliphatic carbocycles. The summed E-state index contributed by atoms with van der Waals surface area (Å²) in [7, 11) is 1.52. The summed E-state index contributed by atoms with van der Waals surface area (Å²) in [4.78, 5) is 23.5. The largest absolute Gasteiger partial charge is 0.493 e. The molecule has 0 bridgehead atoms. The number of ether oxygens (including phenoxy) is 2. The van der Waals surface area contributed by atoms with Crippen LogP contribution in [-0.4, -0.2) is 31.4 Å². The summed E-state index contributed by atoms with van der Waals surface area (Å²) < 4.78 is 11.6. The first-order valence-electron chi connectivity index (χ1n) is 8.35. The third-order valence-corrected chi connectivity index (χ3v) is 4.97. The van der Waals surface area contributed by atoms with Gasteiger partial charge >= 0.3 is 0 Å². The zero-order valence-corrected chi connectivity index (χ0v) is 15.7. The molecule has 0 spiro atoms. The van der Waals surface area contributed by atoms with Crippen LogP contribution in [0, 0.1) is 0 Å². The Balaban J connectivity index is 2.03. The second-order valence-corrected chi connectivity index (χ2v) is 6.95. The molecule has 6 heteroatoms. The second kappa shape index (κ2) is 9.06. The van der Waals surface area contributed by atoms with Crippen molar-refractivity contribution in [2.75, 3.05) is 7.11 Å². The third kappa shape index (κ3) is 4.97. The molecular weight excluding hydrogens is 374 g/mol. The Hall–Kier alpha value is -1.56. The molecule has 1 N–H and O–H groups in total. The minimum absolute atomic E-state index is 0.139. The molecule has 1 aromatic rings. The summed E-state index contributed by atoms with van der Waals surface area (Å²) in [6, 6.07) is 3.46. The van der Waals surface area contributed by atoms with Gasteiger partial charge in [0.1, 0.15) is 0 Å². The average Bonchev–Trinajstić information content (AvgIpc) is 2.84. The van der Waals surface area contributed by atoms with Crippen LogP contribution in [0.5, 0.6) is 11.5 Å². The maximum atomic E-state index is 12.4. The van der Waals surface area contributed by atoms with E-state index in [1.807, 2.05) is 0 Å². The lowest BCUT2D eigenvalue weighted by Crippen LogP contribution is -2.42. The minimum Gasteiger partial charge on any atom is -0.493 e. The van der Waals surface area contributed by atoms with Crippen molar-refractivity contribution in [1.82, 2.24) is 5.32 Å². The summed E-state index contributed by atoms with van der Waals surface area (Å²) in [5.41, 5.74) is 0.446. The highest BCUT2D eigenvalue weighted by atomic mass is 79.9. The molecular formula is C18H24BrNO4. The lowest BCUT2D eigenvalue weighted by molar-refractivity contribution is -0.128. The van der Waals surface area contributed by atoms with Gasteiger partial charge in [-0.1, -0.05) is 25.7 Å². The summed E-state index contributed by atoms with van der Waals surface area (Å²) in [5.74, 6) is 0.715. The van der Waals surface area contributed by atoms with Crippen molar-refractivity contribution in [3.8, 4) is 11.5 Å². The number of carbonyl (C=O) groups excluding carboxylic acids is 2. The summed E-state index contributed by atoms with van der Waals surface area (Å²) in [5, 5.41) is 3.07. The van der Waals surface area contributed by atoms with E-state index in [4.69, 9.17) is 9.47 Å². The predicted octanol–water partition coefficient (Wildman–Crippen LogP) is 3.88. The molecule has 0 heterocycles. The van der Waals surface area contributed by atoms with E-state index >= 15 is 0 Å². The molecule has 0 aliphatic heterocycles. The molecule has 1 aromatic carbocycles. The zero-order valence-electron chi connectivity index (χ0n) is 14.1. The Labute approximate surface area is 151 Å². The van der Waals surface area contributed by atoms with E-state index in [1.54, 1.807) is 19.1 Å². The van der Waals surface area contributed by atoms with Crippen molar-refractivity contribution < 1.29 is 19.1 Å². The van der Waals surface area contributed by atoms with Crippen LogP contribution in [0.2, 0.25) is 0 Å². The van der Waals surface area contributed by atoms with Crippen LogP contribution in [0.4, 0.5) is 0 Å². The normalized spacial score (nSPS) is 16.8. The fourth-order valence-corrected chi connectivity index (χ4v) is 3.29. The Morgan fingerprint density at radius 1 is 1.25 bits per heavy atom. The molecule has 0 unspecified atom stereocenters. The van der Waals surface area contributed by atoms with Gasteiger partial charge in [-0.05, 0) is 47.8 Å². The van der Waals surface area contributed by atoms with Gasteiger partial charge in [-0.15, -0.1) is 0 Å². The monoisotopic (exact) mass is 397 g/mol. The van der Waals surface area contributed by atoms with Gasteiger partial charge < -0.3 is 14.8 Å². The first kappa shape index (κ1) is 18.8. The van der Waals surface area contributed by atoms with Crippen molar-refractivity contribution >= 4 is 28.1 Å². The SMILES string of the molecule is COc1cc(Br)c(C=O)cc1O[C@@H](C)C(=O)NC1CCCCCC1. The van der Waals surface area contributed by atoms with Crippen LogP contribution in [0.3, 0.4) is 0 Å². The molecule has 1 amide bonds. The van der Waals surface area contributed by atoms with Crippen LogP contribution < -0.4 is 14.8 Å². The molecule has 0 saturated heterocycles. The Kier molecular flexibility index (Phi) is 7.09. The molecule has 24 heavy (non-hydrogen) atoms. The van der Waals surface area contributed by atoms with Gasteiger partial charge in [-0.3, -0.25) is 9.59 Å². The number of amides is 1. The van der Waals surface area contributed by atoms with Gasteiger partial charge in [0.15, 0.2) is 23.9 Å². The predicted molar refractivity (Wildman–Crippen MR) is 95.8 cm³/mol. The molecule has 1 fully saturated rings. The van der Waals surface area contributed by atoms with Crippen LogP contribution in [-0.2, 0) is 4.79 Å². The van der Waals surface area contributed by atoms with Gasteiger partial charge in [0.05, 0.1) is 7.11 Å². The van der Waals surface area contributed by atoms with E-state index < -0.39 is 6.10 Å². The van der Waals surface area contributed by atoms with Gasteiger partial charge in [-0.2, -0.15) is 0 Å². The number of halogens is 1. The molecule has 0 aromatic heterocycles. The van der Waals surface area contributed by atoms with E-state index in [1.165, 1.54) is 20.0 Å². The maximum Gasteiger partial charge on any atom is 0.260 e. The Morgan fingerprint density at radius 2 is 1.92 bits per heavy atom. The standard InChI is InChI=1S/C18H24BrNO4/c1-12(18(22)20-14-7-5-3-4-6-8-14)24-17-9-13(11-21)15(19)10-16(17)23-2/h9-12,14H,3-8H2,1-2H3,(H,20,22)/t12-/m0/s1. The van der Waals surface area contributed by atoms with E-state index in [9.17, 15) is 9.59 Å². The topological polar surface area (TPSA) is 64.6 Å². The fourth-order valence-electron chi connectivity index (χ4n) is 2.88. The first-order chi connectivity index (χ1) is 11.5. The second-order valence-electron chi connectivity index (χ2n) is 6.10. The van der Waals surface area contributed by atoms with Crippen molar-refractivity contribution in [3.05, 3.63) is 22.2 Å². The third-order valence-electron chi connectivity index (χ3n) is 4.28. The summed E-state index contributed by atoms with van der Waals surface area (Å²) in [6.07, 6.45) is 6.90. The van der Waals surface area contributed by atoms with Crippen LogP contribution >= 0.6 is 15.9 Å². The molecule has 1 atom stereocenters. The number of aldehydes is 1. The van der Waals surface area contributed by atoms with E-state index in [-0.39, 0.29) is 11.9 Å². The Morgan fingerprint density at radius 3 is 2.50 bits per heavy atom. The van der Waals surface area contributed by atoms with Crippen molar-refractivity contribution in [3.63, 3.8) is 0 Å². The Bertz CT molecular complexity index is 583. The number of nitrogens with one attached hydrogen (secondary N) is 1. The molecule has 132 valence electrons. The molecule has 0 radical (unpaired) electrons. The van der Waals surface area contributed by atoms with Gasteiger partial charge in [0.25, 0.3) is 5.91 Å².